The number of amides is 1. The van der Waals surface area contributed by atoms with E-state index in [0.29, 0.717) is 12.3 Å². The molecule has 0 spiro atoms. The average molecular weight is 306 g/mol. The maximum atomic E-state index is 11.7. The summed E-state index contributed by atoms with van der Waals surface area (Å²) in [6, 6.07) is 0. The molecule has 2 aliphatic rings. The maximum Gasteiger partial charge on any atom is 0.240 e. The minimum Gasteiger partial charge on any atom is -0.273 e. The van der Waals surface area contributed by atoms with Gasteiger partial charge in [0.05, 0.1) is 0 Å². The van der Waals surface area contributed by atoms with Crippen molar-refractivity contribution in [2.75, 3.05) is 0 Å². The van der Waals surface area contributed by atoms with E-state index >= 15 is 0 Å². The number of hydrogen-bond donors (Lipinski definition) is 1. The number of unbranched alkanes of at least 4 members (excludes halogenated alkanes) is 7. The summed E-state index contributed by atoms with van der Waals surface area (Å²) in [4.78, 5) is 11.7. The summed E-state index contributed by atoms with van der Waals surface area (Å²) in [5, 5.41) is 4.20. The van der Waals surface area contributed by atoms with E-state index in [9.17, 15) is 4.79 Å². The summed E-state index contributed by atoms with van der Waals surface area (Å²) >= 11 is 0. The van der Waals surface area contributed by atoms with Gasteiger partial charge in [-0.2, -0.15) is 5.10 Å². The molecule has 2 aliphatic carbocycles. The van der Waals surface area contributed by atoms with E-state index in [0.717, 1.165) is 18.3 Å². The zero-order chi connectivity index (χ0) is 15.6. The van der Waals surface area contributed by atoms with Gasteiger partial charge in [0.15, 0.2) is 0 Å². The Morgan fingerprint density at radius 3 is 2.41 bits per heavy atom. The number of carbonyl (C=O) groups excluding carboxylic acids is 1. The highest BCUT2D eigenvalue weighted by Crippen LogP contribution is 2.47. The molecule has 0 saturated heterocycles. The molecule has 1 amide bonds. The maximum absolute atomic E-state index is 11.7. The standard InChI is InChI=1S/C19H34N2O/c1-2-3-4-5-6-7-8-9-10-19(22)21-20-15-18-14-16-11-12-17(18)13-16/h15-18H,2-14H2,1H3,(H,21,22)/b20-15+. The van der Waals surface area contributed by atoms with Crippen LogP contribution < -0.4 is 5.43 Å². The van der Waals surface area contributed by atoms with Crippen LogP contribution in [0.5, 0.6) is 0 Å². The highest BCUT2D eigenvalue weighted by molar-refractivity contribution is 5.76. The third-order valence-electron chi connectivity index (χ3n) is 5.51. The monoisotopic (exact) mass is 306 g/mol. The number of rotatable bonds is 11. The second kappa shape index (κ2) is 10.0. The van der Waals surface area contributed by atoms with Crippen LogP contribution in [0.4, 0.5) is 0 Å². The molecule has 0 aliphatic heterocycles. The molecule has 2 fully saturated rings. The molecule has 0 heterocycles. The lowest BCUT2D eigenvalue weighted by Gasteiger charge is -2.16. The number of nitrogens with zero attached hydrogens (tertiary/aromatic N) is 1. The Hall–Kier alpha value is -0.860. The van der Waals surface area contributed by atoms with Gasteiger partial charge in [0.25, 0.3) is 0 Å². The van der Waals surface area contributed by atoms with Crippen LogP contribution in [0, 0.1) is 17.8 Å². The van der Waals surface area contributed by atoms with Crippen LogP contribution in [0.15, 0.2) is 5.10 Å². The minimum atomic E-state index is 0.0883. The Morgan fingerprint density at radius 1 is 1.05 bits per heavy atom. The van der Waals surface area contributed by atoms with E-state index in [-0.39, 0.29) is 5.91 Å². The summed E-state index contributed by atoms with van der Waals surface area (Å²) in [7, 11) is 0. The molecule has 0 aromatic rings. The van der Waals surface area contributed by atoms with E-state index in [4.69, 9.17) is 0 Å². The summed E-state index contributed by atoms with van der Waals surface area (Å²) in [5.41, 5.74) is 2.72. The van der Waals surface area contributed by atoms with E-state index in [1.807, 2.05) is 6.21 Å². The van der Waals surface area contributed by atoms with Crippen LogP contribution in [0.1, 0.15) is 90.4 Å². The molecule has 126 valence electrons. The SMILES string of the molecule is CCCCCCCCCCC(=O)N/N=C/C1CC2CCC1C2. The Bertz CT molecular complexity index is 353. The van der Waals surface area contributed by atoms with Crippen LogP contribution in [0.25, 0.3) is 0 Å². The first-order chi connectivity index (χ1) is 10.8. The smallest absolute Gasteiger partial charge is 0.240 e. The summed E-state index contributed by atoms with van der Waals surface area (Å²) in [6.45, 7) is 2.25. The highest BCUT2D eigenvalue weighted by atomic mass is 16.2. The van der Waals surface area contributed by atoms with Crippen molar-refractivity contribution in [1.82, 2.24) is 5.43 Å². The minimum absolute atomic E-state index is 0.0883. The first kappa shape index (κ1) is 17.5. The first-order valence-corrected chi connectivity index (χ1v) is 9.61. The molecule has 0 aromatic heterocycles. The average Bonchev–Trinajstić information content (AvgIpc) is 3.13. The Kier molecular flexibility index (Phi) is 7.96. The van der Waals surface area contributed by atoms with Gasteiger partial charge in [-0.05, 0) is 43.4 Å². The second-order valence-electron chi connectivity index (χ2n) is 7.38. The fraction of sp³-hybridized carbons (Fsp3) is 0.895. The van der Waals surface area contributed by atoms with Crippen molar-refractivity contribution in [3.63, 3.8) is 0 Å². The Labute approximate surface area is 136 Å². The molecule has 1 N–H and O–H groups in total. The van der Waals surface area contributed by atoms with Crippen molar-refractivity contribution in [3.05, 3.63) is 0 Å². The molecular weight excluding hydrogens is 272 g/mol. The summed E-state index contributed by atoms with van der Waals surface area (Å²) in [6.07, 6.45) is 18.3. The molecular formula is C19H34N2O. The highest BCUT2D eigenvalue weighted by Gasteiger charge is 2.38. The molecule has 3 unspecified atom stereocenters. The van der Waals surface area contributed by atoms with Crippen LogP contribution >= 0.6 is 0 Å². The number of carbonyl (C=O) groups is 1. The third-order valence-corrected chi connectivity index (χ3v) is 5.51. The topological polar surface area (TPSA) is 41.5 Å². The van der Waals surface area contributed by atoms with Gasteiger partial charge in [-0.1, -0.05) is 58.3 Å². The fourth-order valence-electron chi connectivity index (χ4n) is 4.16. The molecule has 2 saturated carbocycles. The van der Waals surface area contributed by atoms with Gasteiger partial charge in [-0.3, -0.25) is 4.79 Å². The second-order valence-corrected chi connectivity index (χ2v) is 7.38. The summed E-state index contributed by atoms with van der Waals surface area (Å²) < 4.78 is 0. The van der Waals surface area contributed by atoms with Crippen molar-refractivity contribution in [2.45, 2.75) is 90.4 Å². The van der Waals surface area contributed by atoms with Gasteiger partial charge < -0.3 is 0 Å². The van der Waals surface area contributed by atoms with Gasteiger partial charge in [0, 0.05) is 12.6 Å². The zero-order valence-corrected chi connectivity index (χ0v) is 14.4. The normalized spacial score (nSPS) is 26.9. The van der Waals surface area contributed by atoms with Crippen molar-refractivity contribution in [1.29, 1.82) is 0 Å². The van der Waals surface area contributed by atoms with Crippen LogP contribution in [0.2, 0.25) is 0 Å². The van der Waals surface area contributed by atoms with Crippen molar-refractivity contribution in [2.24, 2.45) is 22.9 Å². The molecule has 2 bridgehead atoms. The lowest BCUT2D eigenvalue weighted by atomic mass is 9.90. The molecule has 0 radical (unpaired) electrons. The molecule has 22 heavy (non-hydrogen) atoms. The van der Waals surface area contributed by atoms with E-state index in [1.165, 1.54) is 70.6 Å². The number of hydrazone groups is 1. The largest absolute Gasteiger partial charge is 0.273 e. The quantitative estimate of drug-likeness (QED) is 0.324. The molecule has 2 rings (SSSR count). The number of fused-ring (bicyclic) bond motifs is 2. The van der Waals surface area contributed by atoms with Gasteiger partial charge in [0.1, 0.15) is 0 Å². The third kappa shape index (κ3) is 6.10. The van der Waals surface area contributed by atoms with E-state index in [2.05, 4.69) is 17.5 Å². The van der Waals surface area contributed by atoms with Crippen molar-refractivity contribution < 1.29 is 4.79 Å². The number of nitrogens with one attached hydrogen (secondary N) is 1. The van der Waals surface area contributed by atoms with Crippen molar-refractivity contribution >= 4 is 12.1 Å². The van der Waals surface area contributed by atoms with E-state index < -0.39 is 0 Å². The Morgan fingerprint density at radius 2 is 1.77 bits per heavy atom. The van der Waals surface area contributed by atoms with Crippen LogP contribution in [0.3, 0.4) is 0 Å². The molecule has 3 nitrogen and oxygen atoms in total. The van der Waals surface area contributed by atoms with Gasteiger partial charge >= 0.3 is 0 Å². The van der Waals surface area contributed by atoms with Crippen LogP contribution in [-0.4, -0.2) is 12.1 Å². The summed E-state index contributed by atoms with van der Waals surface area (Å²) in [5.74, 6) is 2.50. The Balaban J connectivity index is 1.43. The lowest BCUT2D eigenvalue weighted by molar-refractivity contribution is -0.121. The molecule has 0 aromatic carbocycles. The fourth-order valence-corrected chi connectivity index (χ4v) is 4.16. The predicted octanol–water partition coefficient (Wildman–Crippen LogP) is 5.06. The predicted molar refractivity (Wildman–Crippen MR) is 92.8 cm³/mol. The lowest BCUT2D eigenvalue weighted by Crippen LogP contribution is -2.19. The van der Waals surface area contributed by atoms with Crippen molar-refractivity contribution in [3.8, 4) is 0 Å². The number of hydrogen-bond acceptors (Lipinski definition) is 2. The van der Waals surface area contributed by atoms with Gasteiger partial charge in [-0.25, -0.2) is 5.43 Å². The van der Waals surface area contributed by atoms with Gasteiger partial charge in [-0.15, -0.1) is 0 Å². The molecule has 3 atom stereocenters. The zero-order valence-electron chi connectivity index (χ0n) is 14.4. The molecule has 3 heteroatoms. The first-order valence-electron chi connectivity index (χ1n) is 9.61. The van der Waals surface area contributed by atoms with E-state index in [1.54, 1.807) is 0 Å². The van der Waals surface area contributed by atoms with Gasteiger partial charge in [0.2, 0.25) is 5.91 Å². The van der Waals surface area contributed by atoms with Crippen LogP contribution in [-0.2, 0) is 4.79 Å².